The summed E-state index contributed by atoms with van der Waals surface area (Å²) >= 11 is 0. The molecule has 0 aromatic heterocycles. The Kier molecular flexibility index (Phi) is 3.70. The SMILES string of the molecule is O=C(/C=C/c1ccc(F)c(O)c1)c1ccc(O)cc1O. The van der Waals surface area contributed by atoms with Gasteiger partial charge < -0.3 is 15.3 Å². The number of hydrogen-bond donors (Lipinski definition) is 3. The number of carbonyl (C=O) groups excluding carboxylic acids is 1. The van der Waals surface area contributed by atoms with E-state index in [1.54, 1.807) is 0 Å². The van der Waals surface area contributed by atoms with Crippen molar-refractivity contribution in [3.8, 4) is 17.2 Å². The van der Waals surface area contributed by atoms with Crippen molar-refractivity contribution in [2.45, 2.75) is 0 Å². The molecule has 2 aromatic rings. The van der Waals surface area contributed by atoms with Crippen LogP contribution in [0, 0.1) is 5.82 Å². The van der Waals surface area contributed by atoms with E-state index in [9.17, 15) is 19.4 Å². The molecule has 0 aliphatic carbocycles. The minimum absolute atomic E-state index is 0.0328. The molecular weight excluding hydrogens is 263 g/mol. The molecule has 20 heavy (non-hydrogen) atoms. The molecule has 2 rings (SSSR count). The molecule has 0 atom stereocenters. The van der Waals surface area contributed by atoms with E-state index >= 15 is 0 Å². The zero-order chi connectivity index (χ0) is 14.7. The predicted molar refractivity (Wildman–Crippen MR) is 71.2 cm³/mol. The standard InChI is InChI=1S/C15H11FO4/c16-12-5-1-9(7-15(12)20)2-6-13(18)11-4-3-10(17)8-14(11)19/h1-8,17,19-20H/b6-2+. The molecule has 5 heteroatoms. The van der Waals surface area contributed by atoms with Crippen molar-refractivity contribution < 1.29 is 24.5 Å². The molecule has 102 valence electrons. The van der Waals surface area contributed by atoms with E-state index in [0.717, 1.165) is 12.1 Å². The maximum Gasteiger partial charge on any atom is 0.189 e. The maximum absolute atomic E-state index is 12.9. The smallest absolute Gasteiger partial charge is 0.189 e. The third-order valence-corrected chi connectivity index (χ3v) is 2.64. The van der Waals surface area contributed by atoms with Gasteiger partial charge >= 0.3 is 0 Å². The van der Waals surface area contributed by atoms with Crippen LogP contribution in [0.4, 0.5) is 4.39 Å². The third-order valence-electron chi connectivity index (χ3n) is 2.64. The molecule has 0 unspecified atom stereocenters. The first kappa shape index (κ1) is 13.6. The van der Waals surface area contributed by atoms with Gasteiger partial charge in [-0.2, -0.15) is 0 Å². The fraction of sp³-hybridized carbons (Fsp3) is 0. The molecule has 0 amide bonds. The van der Waals surface area contributed by atoms with Crippen LogP contribution in [-0.4, -0.2) is 21.1 Å². The van der Waals surface area contributed by atoms with Crippen LogP contribution in [0.1, 0.15) is 15.9 Å². The minimum Gasteiger partial charge on any atom is -0.508 e. The molecular formula is C15H11FO4. The van der Waals surface area contributed by atoms with Crippen molar-refractivity contribution in [2.24, 2.45) is 0 Å². The van der Waals surface area contributed by atoms with Gasteiger partial charge in [0.25, 0.3) is 0 Å². The Labute approximate surface area is 114 Å². The molecule has 0 aliphatic rings. The van der Waals surface area contributed by atoms with Gasteiger partial charge in [0, 0.05) is 6.07 Å². The number of benzene rings is 2. The van der Waals surface area contributed by atoms with E-state index in [0.29, 0.717) is 5.56 Å². The summed E-state index contributed by atoms with van der Waals surface area (Å²) in [6.07, 6.45) is 2.56. The average Bonchev–Trinajstić information content (AvgIpc) is 2.40. The molecule has 3 N–H and O–H groups in total. The lowest BCUT2D eigenvalue weighted by Gasteiger charge is -2.01. The number of phenols is 3. The first-order valence-electron chi connectivity index (χ1n) is 5.70. The molecule has 0 saturated carbocycles. The summed E-state index contributed by atoms with van der Waals surface area (Å²) in [7, 11) is 0. The highest BCUT2D eigenvalue weighted by Crippen LogP contribution is 2.23. The number of rotatable bonds is 3. The highest BCUT2D eigenvalue weighted by Gasteiger charge is 2.08. The summed E-state index contributed by atoms with van der Waals surface area (Å²) in [5, 5.41) is 27.9. The normalized spacial score (nSPS) is 10.8. The summed E-state index contributed by atoms with van der Waals surface area (Å²) < 4.78 is 12.9. The van der Waals surface area contributed by atoms with Crippen molar-refractivity contribution in [1.29, 1.82) is 0 Å². The number of phenolic OH excluding ortho intramolecular Hbond substituents is 3. The van der Waals surface area contributed by atoms with Crippen molar-refractivity contribution in [3.63, 3.8) is 0 Å². The summed E-state index contributed by atoms with van der Waals surface area (Å²) in [4.78, 5) is 11.8. The topological polar surface area (TPSA) is 77.8 Å². The first-order valence-corrected chi connectivity index (χ1v) is 5.70. The van der Waals surface area contributed by atoms with E-state index in [1.807, 2.05) is 0 Å². The predicted octanol–water partition coefficient (Wildman–Crippen LogP) is 2.84. The summed E-state index contributed by atoms with van der Waals surface area (Å²) in [5.41, 5.74) is 0.473. The van der Waals surface area contributed by atoms with Gasteiger partial charge in [-0.1, -0.05) is 12.1 Å². The van der Waals surface area contributed by atoms with Gasteiger partial charge in [-0.3, -0.25) is 4.79 Å². The van der Waals surface area contributed by atoms with Gasteiger partial charge in [0.15, 0.2) is 17.3 Å². The van der Waals surface area contributed by atoms with Crippen molar-refractivity contribution in [3.05, 3.63) is 59.4 Å². The Balaban J connectivity index is 2.22. The number of ketones is 1. The summed E-state index contributed by atoms with van der Waals surface area (Å²) in [6.45, 7) is 0. The van der Waals surface area contributed by atoms with Gasteiger partial charge in [0.05, 0.1) is 5.56 Å². The van der Waals surface area contributed by atoms with Crippen LogP contribution < -0.4 is 0 Å². The lowest BCUT2D eigenvalue weighted by Crippen LogP contribution is -1.94. The molecule has 0 heterocycles. The van der Waals surface area contributed by atoms with Gasteiger partial charge in [0.2, 0.25) is 0 Å². The lowest BCUT2D eigenvalue weighted by atomic mass is 10.1. The molecule has 0 bridgehead atoms. The number of allylic oxidation sites excluding steroid dienone is 1. The van der Waals surface area contributed by atoms with E-state index in [2.05, 4.69) is 0 Å². The number of carbonyl (C=O) groups is 1. The van der Waals surface area contributed by atoms with Crippen LogP contribution in [0.15, 0.2) is 42.5 Å². The van der Waals surface area contributed by atoms with Crippen molar-refractivity contribution >= 4 is 11.9 Å². The Morgan fingerprint density at radius 3 is 2.40 bits per heavy atom. The van der Waals surface area contributed by atoms with E-state index in [4.69, 9.17) is 5.11 Å². The molecule has 4 nitrogen and oxygen atoms in total. The van der Waals surface area contributed by atoms with Crippen molar-refractivity contribution in [1.82, 2.24) is 0 Å². The fourth-order valence-corrected chi connectivity index (χ4v) is 1.62. The zero-order valence-corrected chi connectivity index (χ0v) is 10.2. The van der Waals surface area contributed by atoms with Crippen LogP contribution >= 0.6 is 0 Å². The first-order chi connectivity index (χ1) is 9.47. The highest BCUT2D eigenvalue weighted by molar-refractivity contribution is 6.08. The summed E-state index contributed by atoms with van der Waals surface area (Å²) in [6, 6.07) is 7.29. The molecule has 0 fully saturated rings. The summed E-state index contributed by atoms with van der Waals surface area (Å²) in [5.74, 6) is -2.21. The Morgan fingerprint density at radius 2 is 1.75 bits per heavy atom. The van der Waals surface area contributed by atoms with Crippen LogP contribution in [0.2, 0.25) is 0 Å². The quantitative estimate of drug-likeness (QED) is 0.594. The lowest BCUT2D eigenvalue weighted by molar-refractivity contribution is 0.104. The minimum atomic E-state index is -0.746. The van der Waals surface area contributed by atoms with Gasteiger partial charge in [-0.25, -0.2) is 4.39 Å². The fourth-order valence-electron chi connectivity index (χ4n) is 1.62. The highest BCUT2D eigenvalue weighted by atomic mass is 19.1. The van der Waals surface area contributed by atoms with Gasteiger partial charge in [-0.05, 0) is 35.9 Å². The van der Waals surface area contributed by atoms with Crippen LogP contribution in [-0.2, 0) is 0 Å². The van der Waals surface area contributed by atoms with Crippen LogP contribution in [0.25, 0.3) is 6.08 Å². The Bertz CT molecular complexity index is 692. The Morgan fingerprint density at radius 1 is 1.00 bits per heavy atom. The van der Waals surface area contributed by atoms with Crippen LogP contribution in [0.5, 0.6) is 17.2 Å². The van der Waals surface area contributed by atoms with Gasteiger partial charge in [0.1, 0.15) is 11.5 Å². The van der Waals surface area contributed by atoms with Gasteiger partial charge in [-0.15, -0.1) is 0 Å². The van der Waals surface area contributed by atoms with E-state index in [-0.39, 0.29) is 17.1 Å². The zero-order valence-electron chi connectivity index (χ0n) is 10.2. The van der Waals surface area contributed by atoms with E-state index < -0.39 is 17.3 Å². The number of hydrogen-bond acceptors (Lipinski definition) is 4. The molecule has 0 aliphatic heterocycles. The number of aromatic hydroxyl groups is 3. The third kappa shape index (κ3) is 2.95. The maximum atomic E-state index is 12.9. The van der Waals surface area contributed by atoms with E-state index in [1.165, 1.54) is 36.4 Å². The Hall–Kier alpha value is -2.82. The molecule has 0 saturated heterocycles. The largest absolute Gasteiger partial charge is 0.508 e. The van der Waals surface area contributed by atoms with Crippen molar-refractivity contribution in [2.75, 3.05) is 0 Å². The second-order valence-electron chi connectivity index (χ2n) is 4.11. The number of halogens is 1. The molecule has 0 radical (unpaired) electrons. The van der Waals surface area contributed by atoms with Crippen LogP contribution in [0.3, 0.4) is 0 Å². The monoisotopic (exact) mass is 274 g/mol. The molecule has 0 spiro atoms. The second-order valence-corrected chi connectivity index (χ2v) is 4.11. The second kappa shape index (κ2) is 5.44. The average molecular weight is 274 g/mol. The molecule has 2 aromatic carbocycles.